The molecule has 2 saturated heterocycles. The lowest BCUT2D eigenvalue weighted by Gasteiger charge is -2.47. The highest BCUT2D eigenvalue weighted by Crippen LogP contribution is 2.46. The summed E-state index contributed by atoms with van der Waals surface area (Å²) in [6, 6.07) is 0. The molecular formula is C14H18N2O3S. The number of rotatable bonds is 4. The molecule has 20 heavy (non-hydrogen) atoms. The molecular weight excluding hydrogens is 276 g/mol. The Bertz CT molecular complexity index is 495. The summed E-state index contributed by atoms with van der Waals surface area (Å²) in [4.78, 5) is 17.9. The molecule has 1 spiro atoms. The minimum absolute atomic E-state index is 0.0210. The maximum absolute atomic E-state index is 12.1. The lowest BCUT2D eigenvalue weighted by Crippen LogP contribution is -2.60. The standard InChI is InChI=1S/C14H18N2O3S/c17-13(12-5-18-9-15-12)16-7-14(8-16)3-11(6-20-14)19-4-10-1-2-10/h5,9-11H,1-4,6-8H2/t11-/m0/s1. The van der Waals surface area contributed by atoms with Crippen LogP contribution in [0.3, 0.4) is 0 Å². The Morgan fingerprint density at radius 2 is 2.40 bits per heavy atom. The van der Waals surface area contributed by atoms with Crippen molar-refractivity contribution in [1.82, 2.24) is 9.88 Å². The molecule has 1 atom stereocenters. The number of carbonyl (C=O) groups is 1. The number of thioether (sulfide) groups is 1. The zero-order valence-electron chi connectivity index (χ0n) is 11.3. The van der Waals surface area contributed by atoms with Crippen molar-refractivity contribution in [3.63, 3.8) is 0 Å². The Labute approximate surface area is 122 Å². The molecule has 108 valence electrons. The first kappa shape index (κ1) is 12.7. The molecule has 1 aromatic rings. The first-order valence-electron chi connectivity index (χ1n) is 7.17. The van der Waals surface area contributed by atoms with Crippen molar-refractivity contribution in [1.29, 1.82) is 0 Å². The van der Waals surface area contributed by atoms with E-state index in [1.165, 1.54) is 25.5 Å². The molecule has 6 heteroatoms. The topological polar surface area (TPSA) is 55.6 Å². The van der Waals surface area contributed by atoms with Gasteiger partial charge in [0.15, 0.2) is 12.1 Å². The van der Waals surface area contributed by atoms with E-state index in [9.17, 15) is 4.79 Å². The molecule has 1 saturated carbocycles. The first-order chi connectivity index (χ1) is 9.74. The number of likely N-dealkylation sites (tertiary alicyclic amines) is 1. The van der Waals surface area contributed by atoms with E-state index in [1.54, 1.807) is 0 Å². The summed E-state index contributed by atoms with van der Waals surface area (Å²) in [7, 11) is 0. The van der Waals surface area contributed by atoms with Gasteiger partial charge in [0.05, 0.1) is 10.9 Å². The molecule has 4 rings (SSSR count). The largest absolute Gasteiger partial charge is 0.451 e. The molecule has 0 bridgehead atoms. The molecule has 3 aliphatic rings. The summed E-state index contributed by atoms with van der Waals surface area (Å²) in [6.45, 7) is 2.56. The second-order valence-electron chi connectivity index (χ2n) is 6.13. The van der Waals surface area contributed by atoms with E-state index in [0.29, 0.717) is 11.8 Å². The van der Waals surface area contributed by atoms with Crippen LogP contribution in [0, 0.1) is 5.92 Å². The van der Waals surface area contributed by atoms with E-state index in [1.807, 2.05) is 16.7 Å². The van der Waals surface area contributed by atoms with Gasteiger partial charge in [-0.05, 0) is 25.2 Å². The summed E-state index contributed by atoms with van der Waals surface area (Å²) >= 11 is 1.97. The van der Waals surface area contributed by atoms with Gasteiger partial charge in [-0.2, -0.15) is 0 Å². The normalized spacial score (nSPS) is 27.8. The zero-order valence-corrected chi connectivity index (χ0v) is 12.1. The van der Waals surface area contributed by atoms with Gasteiger partial charge in [0, 0.05) is 25.4 Å². The highest BCUT2D eigenvalue weighted by molar-refractivity contribution is 8.01. The number of carbonyl (C=O) groups excluding carboxylic acids is 1. The molecule has 0 aromatic carbocycles. The average Bonchev–Trinajstić information content (AvgIpc) is 2.93. The summed E-state index contributed by atoms with van der Waals surface area (Å²) in [6.07, 6.45) is 6.85. The Hall–Kier alpha value is -1.01. The predicted octanol–water partition coefficient (Wildman–Crippen LogP) is 1.80. The number of nitrogens with zero attached hydrogens (tertiary/aromatic N) is 2. The minimum Gasteiger partial charge on any atom is -0.451 e. The van der Waals surface area contributed by atoms with Crippen LogP contribution in [0.5, 0.6) is 0 Å². The fourth-order valence-corrected chi connectivity index (χ4v) is 4.51. The molecule has 5 nitrogen and oxygen atoms in total. The Kier molecular flexibility index (Phi) is 3.03. The van der Waals surface area contributed by atoms with E-state index in [4.69, 9.17) is 9.15 Å². The highest BCUT2D eigenvalue weighted by atomic mass is 32.2. The van der Waals surface area contributed by atoms with E-state index < -0.39 is 0 Å². The van der Waals surface area contributed by atoms with Gasteiger partial charge in [-0.3, -0.25) is 4.79 Å². The second kappa shape index (κ2) is 4.77. The molecule has 1 amide bonds. The quantitative estimate of drug-likeness (QED) is 0.847. The van der Waals surface area contributed by atoms with Gasteiger partial charge < -0.3 is 14.1 Å². The van der Waals surface area contributed by atoms with Crippen LogP contribution in [-0.4, -0.2) is 52.1 Å². The van der Waals surface area contributed by atoms with E-state index >= 15 is 0 Å². The van der Waals surface area contributed by atoms with Gasteiger partial charge in [0.1, 0.15) is 6.26 Å². The summed E-state index contributed by atoms with van der Waals surface area (Å²) in [5.74, 6) is 1.87. The van der Waals surface area contributed by atoms with Gasteiger partial charge >= 0.3 is 0 Å². The SMILES string of the molecule is O=C(c1cocn1)N1CC2(C[C@H](OCC3CC3)CS2)C1. The van der Waals surface area contributed by atoms with Gasteiger partial charge in [-0.25, -0.2) is 4.98 Å². The molecule has 1 aliphatic carbocycles. The summed E-state index contributed by atoms with van der Waals surface area (Å²) in [5.41, 5.74) is 0.407. The fraction of sp³-hybridized carbons (Fsp3) is 0.714. The third kappa shape index (κ3) is 2.35. The number of amides is 1. The maximum atomic E-state index is 12.1. The third-order valence-electron chi connectivity index (χ3n) is 4.34. The summed E-state index contributed by atoms with van der Waals surface area (Å²) < 4.78 is 11.1. The third-order valence-corrected chi connectivity index (χ3v) is 5.91. The second-order valence-corrected chi connectivity index (χ2v) is 7.62. The summed E-state index contributed by atoms with van der Waals surface area (Å²) in [5, 5.41) is 0. The van der Waals surface area contributed by atoms with Crippen LogP contribution in [0.1, 0.15) is 29.8 Å². The van der Waals surface area contributed by atoms with Crippen molar-refractivity contribution in [3.05, 3.63) is 18.4 Å². The van der Waals surface area contributed by atoms with Crippen molar-refractivity contribution >= 4 is 17.7 Å². The molecule has 1 aromatic heterocycles. The van der Waals surface area contributed by atoms with Crippen LogP contribution in [0.15, 0.2) is 17.1 Å². The lowest BCUT2D eigenvalue weighted by atomic mass is 9.92. The van der Waals surface area contributed by atoms with E-state index in [0.717, 1.165) is 37.8 Å². The Balaban J connectivity index is 1.28. The monoisotopic (exact) mass is 294 g/mol. The van der Waals surface area contributed by atoms with E-state index in [2.05, 4.69) is 4.98 Å². The van der Waals surface area contributed by atoms with Crippen LogP contribution in [-0.2, 0) is 4.74 Å². The predicted molar refractivity (Wildman–Crippen MR) is 74.7 cm³/mol. The molecule has 0 unspecified atom stereocenters. The van der Waals surface area contributed by atoms with Crippen molar-refractivity contribution in [2.24, 2.45) is 5.92 Å². The van der Waals surface area contributed by atoms with Gasteiger partial charge in [-0.1, -0.05) is 0 Å². The van der Waals surface area contributed by atoms with Crippen molar-refractivity contribution in [2.45, 2.75) is 30.1 Å². The number of ether oxygens (including phenoxy) is 1. The smallest absolute Gasteiger partial charge is 0.275 e. The van der Waals surface area contributed by atoms with Crippen molar-refractivity contribution < 1.29 is 13.9 Å². The van der Waals surface area contributed by atoms with Gasteiger partial charge in [-0.15, -0.1) is 11.8 Å². The van der Waals surface area contributed by atoms with Crippen molar-refractivity contribution in [3.8, 4) is 0 Å². The van der Waals surface area contributed by atoms with Gasteiger partial charge in [0.25, 0.3) is 5.91 Å². The number of hydrogen-bond acceptors (Lipinski definition) is 5. The first-order valence-corrected chi connectivity index (χ1v) is 8.16. The van der Waals surface area contributed by atoms with Crippen molar-refractivity contribution in [2.75, 3.05) is 25.4 Å². The van der Waals surface area contributed by atoms with Crippen LogP contribution < -0.4 is 0 Å². The Morgan fingerprint density at radius 3 is 3.10 bits per heavy atom. The molecule has 3 fully saturated rings. The minimum atomic E-state index is -0.0210. The lowest BCUT2D eigenvalue weighted by molar-refractivity contribution is 0.0284. The molecule has 2 aliphatic heterocycles. The fourth-order valence-electron chi connectivity index (χ4n) is 2.96. The molecule has 0 radical (unpaired) electrons. The molecule has 0 N–H and O–H groups in total. The highest BCUT2D eigenvalue weighted by Gasteiger charge is 2.51. The van der Waals surface area contributed by atoms with Crippen LogP contribution in [0.2, 0.25) is 0 Å². The van der Waals surface area contributed by atoms with Crippen LogP contribution >= 0.6 is 11.8 Å². The number of oxazole rings is 1. The zero-order chi connectivity index (χ0) is 13.6. The van der Waals surface area contributed by atoms with E-state index in [-0.39, 0.29) is 10.7 Å². The van der Waals surface area contributed by atoms with Gasteiger partial charge in [0.2, 0.25) is 0 Å². The number of hydrogen-bond donors (Lipinski definition) is 0. The average molecular weight is 294 g/mol. The molecule has 3 heterocycles. The number of aromatic nitrogens is 1. The maximum Gasteiger partial charge on any atom is 0.275 e. The Morgan fingerprint density at radius 1 is 1.55 bits per heavy atom. The van der Waals surface area contributed by atoms with Crippen LogP contribution in [0.25, 0.3) is 0 Å². The van der Waals surface area contributed by atoms with Crippen LogP contribution in [0.4, 0.5) is 0 Å².